The van der Waals surface area contributed by atoms with Crippen LogP contribution in [0.1, 0.15) is 38.2 Å². The molecule has 1 aromatic rings. The fourth-order valence-corrected chi connectivity index (χ4v) is 2.65. The van der Waals surface area contributed by atoms with Gasteiger partial charge < -0.3 is 4.74 Å². The maximum atomic E-state index is 12.1. The molecule has 19 heavy (non-hydrogen) atoms. The van der Waals surface area contributed by atoms with Crippen LogP contribution in [0.25, 0.3) is 0 Å². The molecule has 0 spiro atoms. The molecule has 2 heteroatoms. The molecule has 0 amide bonds. The minimum absolute atomic E-state index is 0.0392. The molecule has 0 bridgehead atoms. The molecular weight excluding hydrogens is 236 g/mol. The highest BCUT2D eigenvalue weighted by atomic mass is 16.5. The van der Waals surface area contributed by atoms with Gasteiger partial charge in [0, 0.05) is 0 Å². The van der Waals surface area contributed by atoms with Crippen molar-refractivity contribution in [2.24, 2.45) is 5.92 Å². The number of carbonyl (C=O) groups excluding carboxylic acids is 1. The Morgan fingerprint density at radius 1 is 1.26 bits per heavy atom. The summed E-state index contributed by atoms with van der Waals surface area (Å²) in [5.74, 6) is -0.0887. The molecule has 1 aromatic carbocycles. The molecule has 0 heterocycles. The molecule has 0 fully saturated rings. The van der Waals surface area contributed by atoms with Crippen LogP contribution in [0.3, 0.4) is 0 Å². The summed E-state index contributed by atoms with van der Waals surface area (Å²) >= 11 is 0. The number of esters is 1. The lowest BCUT2D eigenvalue weighted by Crippen LogP contribution is -2.20. The summed E-state index contributed by atoms with van der Waals surface area (Å²) in [7, 11) is 0. The highest BCUT2D eigenvalue weighted by Gasteiger charge is 2.25. The normalized spacial score (nSPS) is 19.4. The van der Waals surface area contributed by atoms with Crippen LogP contribution >= 0.6 is 0 Å². The van der Waals surface area contributed by atoms with E-state index in [9.17, 15) is 4.79 Å². The molecule has 0 saturated carbocycles. The van der Waals surface area contributed by atoms with Crippen molar-refractivity contribution in [2.45, 2.75) is 39.0 Å². The predicted molar refractivity (Wildman–Crippen MR) is 76.8 cm³/mol. The van der Waals surface area contributed by atoms with Gasteiger partial charge in [-0.25, -0.2) is 0 Å². The van der Waals surface area contributed by atoms with Crippen molar-refractivity contribution in [3.05, 3.63) is 47.5 Å². The van der Waals surface area contributed by atoms with E-state index in [4.69, 9.17) is 4.74 Å². The fourth-order valence-electron chi connectivity index (χ4n) is 2.65. The highest BCUT2D eigenvalue weighted by molar-refractivity contribution is 5.76. The predicted octanol–water partition coefficient (Wildman–Crippen LogP) is 3.91. The summed E-state index contributed by atoms with van der Waals surface area (Å²) in [5, 5.41) is 0. The van der Waals surface area contributed by atoms with E-state index in [1.165, 1.54) is 17.6 Å². The van der Waals surface area contributed by atoms with Gasteiger partial charge in [-0.15, -0.1) is 0 Å². The first-order chi connectivity index (χ1) is 9.31. The zero-order valence-corrected chi connectivity index (χ0v) is 11.6. The maximum absolute atomic E-state index is 12.1. The number of rotatable bonds is 4. The third-order valence-corrected chi connectivity index (χ3v) is 3.62. The Balaban J connectivity index is 2.13. The Hall–Kier alpha value is -1.57. The molecule has 0 radical (unpaired) electrons. The van der Waals surface area contributed by atoms with Gasteiger partial charge in [-0.1, -0.05) is 48.4 Å². The maximum Gasteiger partial charge on any atom is 0.313 e. The number of ether oxygens (including phenoxy) is 1. The molecule has 0 N–H and O–H groups in total. The smallest absolute Gasteiger partial charge is 0.313 e. The van der Waals surface area contributed by atoms with Gasteiger partial charge in [-0.05, 0) is 38.2 Å². The van der Waals surface area contributed by atoms with Crippen LogP contribution < -0.4 is 0 Å². The van der Waals surface area contributed by atoms with Crippen molar-refractivity contribution in [3.8, 4) is 0 Å². The lowest BCUT2D eigenvalue weighted by Gasteiger charge is -2.17. The summed E-state index contributed by atoms with van der Waals surface area (Å²) in [5.41, 5.74) is 2.51. The van der Waals surface area contributed by atoms with Crippen LogP contribution in [-0.4, -0.2) is 12.6 Å². The van der Waals surface area contributed by atoms with Gasteiger partial charge in [0.05, 0.1) is 12.5 Å². The second-order valence-electron chi connectivity index (χ2n) is 5.03. The number of hydrogen-bond acceptors (Lipinski definition) is 2. The molecule has 0 aromatic heterocycles. The number of benzene rings is 1. The second kappa shape index (κ2) is 7.13. The van der Waals surface area contributed by atoms with Crippen LogP contribution in [0, 0.1) is 5.92 Å². The monoisotopic (exact) mass is 258 g/mol. The van der Waals surface area contributed by atoms with Gasteiger partial charge in [0.1, 0.15) is 0 Å². The summed E-state index contributed by atoms with van der Waals surface area (Å²) < 4.78 is 5.23. The zero-order valence-electron chi connectivity index (χ0n) is 11.6. The van der Waals surface area contributed by atoms with Crippen LogP contribution in [0.5, 0.6) is 0 Å². The highest BCUT2D eigenvalue weighted by Crippen LogP contribution is 2.28. The SMILES string of the molecule is CCOC(=O)C1CCCCC=C1Cc1ccccc1. The van der Waals surface area contributed by atoms with Crippen molar-refractivity contribution in [1.82, 2.24) is 0 Å². The van der Waals surface area contributed by atoms with Crippen LogP contribution in [0.2, 0.25) is 0 Å². The molecule has 2 rings (SSSR count). The fraction of sp³-hybridized carbons (Fsp3) is 0.471. The van der Waals surface area contributed by atoms with Crippen LogP contribution in [0.4, 0.5) is 0 Å². The topological polar surface area (TPSA) is 26.3 Å². The van der Waals surface area contributed by atoms with Crippen molar-refractivity contribution in [3.63, 3.8) is 0 Å². The van der Waals surface area contributed by atoms with E-state index in [-0.39, 0.29) is 11.9 Å². The molecule has 1 aliphatic carbocycles. The van der Waals surface area contributed by atoms with E-state index in [0.29, 0.717) is 6.61 Å². The summed E-state index contributed by atoms with van der Waals surface area (Å²) in [4.78, 5) is 12.1. The van der Waals surface area contributed by atoms with E-state index in [1.54, 1.807) is 0 Å². The van der Waals surface area contributed by atoms with Gasteiger partial charge in [-0.3, -0.25) is 4.79 Å². The van der Waals surface area contributed by atoms with Gasteiger partial charge in [0.25, 0.3) is 0 Å². The Labute approximate surface area is 115 Å². The Morgan fingerprint density at radius 2 is 2.05 bits per heavy atom. The molecule has 1 atom stereocenters. The van der Waals surface area contributed by atoms with E-state index in [0.717, 1.165) is 25.7 Å². The van der Waals surface area contributed by atoms with Crippen molar-refractivity contribution in [1.29, 1.82) is 0 Å². The third-order valence-electron chi connectivity index (χ3n) is 3.62. The molecule has 0 saturated heterocycles. The average Bonchev–Trinajstić information content (AvgIpc) is 2.66. The van der Waals surface area contributed by atoms with Gasteiger partial charge in [-0.2, -0.15) is 0 Å². The van der Waals surface area contributed by atoms with Crippen LogP contribution in [0.15, 0.2) is 42.0 Å². The number of carbonyl (C=O) groups is 1. The van der Waals surface area contributed by atoms with E-state index < -0.39 is 0 Å². The first kappa shape index (κ1) is 13.9. The molecule has 2 nitrogen and oxygen atoms in total. The quantitative estimate of drug-likeness (QED) is 0.604. The van der Waals surface area contributed by atoms with Gasteiger partial charge in [0.2, 0.25) is 0 Å². The van der Waals surface area contributed by atoms with E-state index in [1.807, 2.05) is 25.1 Å². The van der Waals surface area contributed by atoms with E-state index in [2.05, 4.69) is 18.2 Å². The lowest BCUT2D eigenvalue weighted by molar-refractivity contribution is -0.146. The third kappa shape index (κ3) is 3.95. The van der Waals surface area contributed by atoms with Gasteiger partial charge in [0.15, 0.2) is 0 Å². The Kier molecular flexibility index (Phi) is 5.20. The summed E-state index contributed by atoms with van der Waals surface area (Å²) in [6, 6.07) is 10.4. The average molecular weight is 258 g/mol. The van der Waals surface area contributed by atoms with Crippen molar-refractivity contribution in [2.75, 3.05) is 6.61 Å². The number of allylic oxidation sites excluding steroid dienone is 1. The second-order valence-corrected chi connectivity index (χ2v) is 5.03. The molecular formula is C17H22O2. The molecule has 1 unspecified atom stereocenters. The minimum atomic E-state index is -0.0495. The van der Waals surface area contributed by atoms with Gasteiger partial charge >= 0.3 is 5.97 Å². The summed E-state index contributed by atoms with van der Waals surface area (Å²) in [6.07, 6.45) is 7.41. The Morgan fingerprint density at radius 3 is 2.79 bits per heavy atom. The standard InChI is InChI=1S/C17H22O2/c1-2-19-17(18)16-12-8-4-7-11-15(16)13-14-9-5-3-6-10-14/h3,5-6,9-11,16H,2,4,7-8,12-13H2,1H3. The molecule has 102 valence electrons. The minimum Gasteiger partial charge on any atom is -0.466 e. The number of hydrogen-bond donors (Lipinski definition) is 0. The van der Waals surface area contributed by atoms with E-state index >= 15 is 0 Å². The van der Waals surface area contributed by atoms with Crippen molar-refractivity contribution < 1.29 is 9.53 Å². The summed E-state index contributed by atoms with van der Waals surface area (Å²) in [6.45, 7) is 2.34. The first-order valence-corrected chi connectivity index (χ1v) is 7.20. The Bertz CT molecular complexity index is 434. The molecule has 1 aliphatic rings. The van der Waals surface area contributed by atoms with Crippen LogP contribution in [-0.2, 0) is 16.0 Å². The molecule has 0 aliphatic heterocycles. The first-order valence-electron chi connectivity index (χ1n) is 7.20. The lowest BCUT2D eigenvalue weighted by atomic mass is 9.90. The largest absolute Gasteiger partial charge is 0.466 e. The zero-order chi connectivity index (χ0) is 13.5. The van der Waals surface area contributed by atoms with Crippen molar-refractivity contribution >= 4 is 5.97 Å².